The minimum absolute atomic E-state index is 0.273. The fourth-order valence-corrected chi connectivity index (χ4v) is 0.980. The molecule has 0 radical (unpaired) electrons. The Morgan fingerprint density at radius 3 is 2.62 bits per heavy atom. The van der Waals surface area contributed by atoms with Crippen molar-refractivity contribution in [3.8, 4) is 0 Å². The van der Waals surface area contributed by atoms with E-state index >= 15 is 0 Å². The third kappa shape index (κ3) is 1.81. The Morgan fingerprint density at radius 2 is 2.15 bits per heavy atom. The van der Waals surface area contributed by atoms with Gasteiger partial charge in [0.15, 0.2) is 0 Å². The summed E-state index contributed by atoms with van der Waals surface area (Å²) in [6.45, 7) is 1.68. The molecule has 0 aliphatic carbocycles. The predicted molar refractivity (Wildman–Crippen MR) is 44.8 cm³/mol. The molecule has 1 aromatic carbocycles. The van der Waals surface area contributed by atoms with Gasteiger partial charge in [0.2, 0.25) is 0 Å². The standard InChI is InChI=1S/C8H7NO4/c1-5-2-3-7(9(12)13)6(4-5)8(10)11/h2-4H,1H3,(H,10,11). The molecule has 0 saturated carbocycles. The van der Waals surface area contributed by atoms with Gasteiger partial charge in [0, 0.05) is 6.07 Å². The molecule has 13 heavy (non-hydrogen) atoms. The van der Waals surface area contributed by atoms with Crippen LogP contribution >= 0.6 is 0 Å². The number of nitro benzene ring substituents is 1. The second kappa shape index (κ2) is 3.22. The Labute approximate surface area is 73.8 Å². The molecule has 0 saturated heterocycles. The summed E-state index contributed by atoms with van der Waals surface area (Å²) in [6.07, 6.45) is 0. The van der Waals surface area contributed by atoms with Gasteiger partial charge in [-0.1, -0.05) is 6.07 Å². The SMILES string of the molecule is Cc1ccc([N+](=O)[O-])c(C(=O)O)c1. The predicted octanol–water partition coefficient (Wildman–Crippen LogP) is 1.60. The van der Waals surface area contributed by atoms with Crippen LogP contribution in [0.2, 0.25) is 0 Å². The summed E-state index contributed by atoms with van der Waals surface area (Å²) in [4.78, 5) is 20.2. The number of carboxylic acid groups (broad SMARTS) is 1. The molecule has 1 N–H and O–H groups in total. The van der Waals surface area contributed by atoms with Crippen LogP contribution in [0, 0.1) is 17.0 Å². The molecule has 0 atom stereocenters. The van der Waals surface area contributed by atoms with Gasteiger partial charge in [-0.2, -0.15) is 0 Å². The molecule has 0 aromatic heterocycles. The van der Waals surface area contributed by atoms with Crippen molar-refractivity contribution in [1.29, 1.82) is 0 Å². The second-order valence-corrected chi connectivity index (χ2v) is 2.58. The molecule has 0 heterocycles. The highest BCUT2D eigenvalue weighted by molar-refractivity contribution is 5.92. The van der Waals surface area contributed by atoms with E-state index < -0.39 is 10.9 Å². The Morgan fingerprint density at radius 1 is 1.54 bits per heavy atom. The van der Waals surface area contributed by atoms with E-state index in [1.54, 1.807) is 6.92 Å². The normalized spacial score (nSPS) is 9.62. The molecule has 68 valence electrons. The molecule has 0 amide bonds. The fourth-order valence-electron chi connectivity index (χ4n) is 0.980. The molecule has 0 spiro atoms. The van der Waals surface area contributed by atoms with Crippen molar-refractivity contribution >= 4 is 11.7 Å². The fraction of sp³-hybridized carbons (Fsp3) is 0.125. The lowest BCUT2D eigenvalue weighted by atomic mass is 10.1. The summed E-state index contributed by atoms with van der Waals surface area (Å²) in [5.41, 5.74) is 0.0334. The maximum atomic E-state index is 10.6. The minimum atomic E-state index is -1.28. The van der Waals surface area contributed by atoms with Gasteiger partial charge in [0.05, 0.1) is 4.92 Å². The van der Waals surface area contributed by atoms with Gasteiger partial charge < -0.3 is 5.11 Å². The number of carboxylic acids is 1. The third-order valence-electron chi connectivity index (χ3n) is 1.58. The van der Waals surface area contributed by atoms with E-state index in [1.807, 2.05) is 0 Å². The Bertz CT molecular complexity index is 372. The smallest absolute Gasteiger partial charge is 0.342 e. The number of aryl methyl sites for hydroxylation is 1. The maximum Gasteiger partial charge on any atom is 0.342 e. The number of nitro groups is 1. The molecule has 1 aromatic rings. The van der Waals surface area contributed by atoms with Crippen LogP contribution in [0.3, 0.4) is 0 Å². The van der Waals surface area contributed by atoms with Crippen LogP contribution in [-0.2, 0) is 0 Å². The van der Waals surface area contributed by atoms with E-state index in [0.29, 0.717) is 5.56 Å². The highest BCUT2D eigenvalue weighted by Gasteiger charge is 2.18. The summed E-state index contributed by atoms with van der Waals surface area (Å²) >= 11 is 0. The van der Waals surface area contributed by atoms with Gasteiger partial charge in [-0.05, 0) is 18.6 Å². The number of aromatic carboxylic acids is 1. The van der Waals surface area contributed by atoms with Gasteiger partial charge in [0.25, 0.3) is 5.69 Å². The minimum Gasteiger partial charge on any atom is -0.477 e. The van der Waals surface area contributed by atoms with Crippen LogP contribution < -0.4 is 0 Å². The highest BCUT2D eigenvalue weighted by Crippen LogP contribution is 2.19. The number of nitrogens with zero attached hydrogens (tertiary/aromatic N) is 1. The quantitative estimate of drug-likeness (QED) is 0.555. The van der Waals surface area contributed by atoms with Crippen molar-refractivity contribution in [3.05, 3.63) is 39.4 Å². The molecule has 0 bridgehead atoms. The lowest BCUT2D eigenvalue weighted by Gasteiger charge is -1.98. The Kier molecular flexibility index (Phi) is 2.27. The molecule has 0 unspecified atom stereocenters. The van der Waals surface area contributed by atoms with Crippen LogP contribution in [0.5, 0.6) is 0 Å². The summed E-state index contributed by atoms with van der Waals surface area (Å²) in [5, 5.41) is 19.0. The van der Waals surface area contributed by atoms with Crippen LogP contribution in [-0.4, -0.2) is 16.0 Å². The van der Waals surface area contributed by atoms with Crippen LogP contribution in [0.25, 0.3) is 0 Å². The monoisotopic (exact) mass is 181 g/mol. The average Bonchev–Trinajstić information content (AvgIpc) is 2.03. The molecule has 0 fully saturated rings. The van der Waals surface area contributed by atoms with Crippen LogP contribution in [0.15, 0.2) is 18.2 Å². The maximum absolute atomic E-state index is 10.6. The van der Waals surface area contributed by atoms with Crippen molar-refractivity contribution in [2.24, 2.45) is 0 Å². The molecular weight excluding hydrogens is 174 g/mol. The summed E-state index contributed by atoms with van der Waals surface area (Å²) < 4.78 is 0. The number of carbonyl (C=O) groups is 1. The molecule has 1 rings (SSSR count). The summed E-state index contributed by atoms with van der Waals surface area (Å²) in [6, 6.07) is 3.98. The largest absolute Gasteiger partial charge is 0.477 e. The van der Waals surface area contributed by atoms with Gasteiger partial charge in [-0.15, -0.1) is 0 Å². The molecule has 5 heteroatoms. The lowest BCUT2D eigenvalue weighted by Crippen LogP contribution is -2.02. The van der Waals surface area contributed by atoms with Crippen molar-refractivity contribution in [3.63, 3.8) is 0 Å². The summed E-state index contributed by atoms with van der Waals surface area (Å²) in [7, 11) is 0. The zero-order valence-electron chi connectivity index (χ0n) is 6.85. The number of hydrogen-bond acceptors (Lipinski definition) is 3. The first kappa shape index (κ1) is 9.18. The number of rotatable bonds is 2. The highest BCUT2D eigenvalue weighted by atomic mass is 16.6. The van der Waals surface area contributed by atoms with E-state index in [1.165, 1.54) is 18.2 Å². The molecule has 5 nitrogen and oxygen atoms in total. The first-order valence-electron chi connectivity index (χ1n) is 3.50. The van der Waals surface area contributed by atoms with Crippen molar-refractivity contribution < 1.29 is 14.8 Å². The van der Waals surface area contributed by atoms with E-state index in [-0.39, 0.29) is 11.3 Å². The third-order valence-corrected chi connectivity index (χ3v) is 1.58. The van der Waals surface area contributed by atoms with Gasteiger partial charge in [0.1, 0.15) is 5.56 Å². The molecular formula is C8H7NO4. The van der Waals surface area contributed by atoms with Crippen molar-refractivity contribution in [1.82, 2.24) is 0 Å². The molecule has 0 aliphatic rings. The van der Waals surface area contributed by atoms with E-state index in [2.05, 4.69) is 0 Å². The first-order valence-corrected chi connectivity index (χ1v) is 3.50. The Balaban J connectivity index is 3.35. The van der Waals surface area contributed by atoms with Crippen LogP contribution in [0.4, 0.5) is 5.69 Å². The van der Waals surface area contributed by atoms with Crippen LogP contribution in [0.1, 0.15) is 15.9 Å². The van der Waals surface area contributed by atoms with Crippen molar-refractivity contribution in [2.75, 3.05) is 0 Å². The number of benzene rings is 1. The zero-order valence-corrected chi connectivity index (χ0v) is 6.85. The average molecular weight is 181 g/mol. The van der Waals surface area contributed by atoms with E-state index in [0.717, 1.165) is 0 Å². The van der Waals surface area contributed by atoms with E-state index in [9.17, 15) is 14.9 Å². The van der Waals surface area contributed by atoms with Crippen molar-refractivity contribution in [2.45, 2.75) is 6.92 Å². The van der Waals surface area contributed by atoms with Gasteiger partial charge >= 0.3 is 5.97 Å². The van der Waals surface area contributed by atoms with E-state index in [4.69, 9.17) is 5.11 Å². The lowest BCUT2D eigenvalue weighted by molar-refractivity contribution is -0.385. The molecule has 0 aliphatic heterocycles. The number of hydrogen-bond donors (Lipinski definition) is 1. The zero-order chi connectivity index (χ0) is 10.0. The summed E-state index contributed by atoms with van der Waals surface area (Å²) in [5.74, 6) is -1.28. The second-order valence-electron chi connectivity index (χ2n) is 2.58. The Hall–Kier alpha value is -1.91. The topological polar surface area (TPSA) is 80.4 Å². The first-order chi connectivity index (χ1) is 6.02. The van der Waals surface area contributed by atoms with Gasteiger partial charge in [-0.3, -0.25) is 10.1 Å². The van der Waals surface area contributed by atoms with Gasteiger partial charge in [-0.25, -0.2) is 4.79 Å².